The summed E-state index contributed by atoms with van der Waals surface area (Å²) in [5.41, 5.74) is 1.08. The maximum absolute atomic E-state index is 12.6. The predicted octanol–water partition coefficient (Wildman–Crippen LogP) is 3.91. The molecule has 3 rings (SSSR count). The number of hydrogen-bond acceptors (Lipinski definition) is 4. The molecule has 112 valence electrons. The molecule has 8 heteroatoms. The fourth-order valence-corrected chi connectivity index (χ4v) is 5.63. The van der Waals surface area contributed by atoms with E-state index in [1.807, 2.05) is 11.4 Å². The van der Waals surface area contributed by atoms with E-state index in [-0.39, 0.29) is 16.1 Å². The van der Waals surface area contributed by atoms with Crippen molar-refractivity contribution >= 4 is 48.9 Å². The van der Waals surface area contributed by atoms with Crippen LogP contribution in [0.2, 0.25) is 5.15 Å². The molecular formula is C13H12BrClN2O2S2. The fraction of sp³-hybridized carbons (Fsp3) is 0.308. The van der Waals surface area contributed by atoms with Gasteiger partial charge in [0.2, 0.25) is 10.0 Å². The largest absolute Gasteiger partial charge is 0.244 e. The Hall–Kier alpha value is -0.470. The third-order valence-corrected chi connectivity index (χ3v) is 6.74. The molecule has 0 aromatic carbocycles. The molecule has 0 fully saturated rings. The molecule has 1 aliphatic rings. The molecule has 21 heavy (non-hydrogen) atoms. The SMILES string of the molecule is O=S(=O)(NC1CCCc2sccc21)c1cc(Br)cnc1Cl. The van der Waals surface area contributed by atoms with Gasteiger partial charge in [-0.25, -0.2) is 18.1 Å². The number of hydrogen-bond donors (Lipinski definition) is 1. The average molecular weight is 408 g/mol. The molecule has 0 radical (unpaired) electrons. The molecule has 0 saturated carbocycles. The summed E-state index contributed by atoms with van der Waals surface area (Å²) in [6.07, 6.45) is 4.26. The maximum atomic E-state index is 12.6. The average Bonchev–Trinajstić information content (AvgIpc) is 2.90. The number of aromatic nitrogens is 1. The monoisotopic (exact) mass is 406 g/mol. The smallest absolute Gasteiger partial charge is 0.242 e. The van der Waals surface area contributed by atoms with Gasteiger partial charge in [-0.3, -0.25) is 0 Å². The molecule has 0 saturated heterocycles. The van der Waals surface area contributed by atoms with E-state index >= 15 is 0 Å². The van der Waals surface area contributed by atoms with Crippen LogP contribution in [0, 0.1) is 0 Å². The van der Waals surface area contributed by atoms with Crippen molar-refractivity contribution in [1.82, 2.24) is 9.71 Å². The van der Waals surface area contributed by atoms with Gasteiger partial charge in [0.1, 0.15) is 10.0 Å². The number of halogens is 2. The Morgan fingerprint density at radius 3 is 3.10 bits per heavy atom. The highest BCUT2D eigenvalue weighted by Gasteiger charge is 2.28. The summed E-state index contributed by atoms with van der Waals surface area (Å²) < 4.78 is 28.4. The Labute approximate surface area is 140 Å². The summed E-state index contributed by atoms with van der Waals surface area (Å²) in [4.78, 5) is 5.13. The molecule has 0 spiro atoms. The van der Waals surface area contributed by atoms with Crippen molar-refractivity contribution in [2.45, 2.75) is 30.2 Å². The number of pyridine rings is 1. The predicted molar refractivity (Wildman–Crippen MR) is 87.3 cm³/mol. The van der Waals surface area contributed by atoms with E-state index in [9.17, 15) is 8.42 Å². The van der Waals surface area contributed by atoms with Gasteiger partial charge in [-0.2, -0.15) is 0 Å². The highest BCUT2D eigenvalue weighted by atomic mass is 79.9. The lowest BCUT2D eigenvalue weighted by molar-refractivity contribution is 0.511. The van der Waals surface area contributed by atoms with Gasteiger partial charge in [0.15, 0.2) is 0 Å². The summed E-state index contributed by atoms with van der Waals surface area (Å²) in [5.74, 6) is 0. The van der Waals surface area contributed by atoms with Gasteiger partial charge in [-0.05, 0) is 58.3 Å². The fourth-order valence-electron chi connectivity index (χ4n) is 2.45. The van der Waals surface area contributed by atoms with Crippen molar-refractivity contribution in [2.75, 3.05) is 0 Å². The van der Waals surface area contributed by atoms with Crippen LogP contribution in [0.3, 0.4) is 0 Å². The molecule has 2 aromatic rings. The first kappa shape index (κ1) is 15.4. The zero-order valence-corrected chi connectivity index (χ0v) is 14.8. The Kier molecular flexibility index (Phi) is 4.38. The number of aryl methyl sites for hydroxylation is 1. The third-order valence-electron chi connectivity index (χ3n) is 3.41. The van der Waals surface area contributed by atoms with E-state index in [0.29, 0.717) is 4.47 Å². The van der Waals surface area contributed by atoms with Crippen LogP contribution in [-0.2, 0) is 16.4 Å². The van der Waals surface area contributed by atoms with Crippen molar-refractivity contribution in [2.24, 2.45) is 0 Å². The highest BCUT2D eigenvalue weighted by Crippen LogP contribution is 2.34. The first-order valence-corrected chi connectivity index (χ1v) is 9.90. The topological polar surface area (TPSA) is 59.1 Å². The van der Waals surface area contributed by atoms with Gasteiger partial charge < -0.3 is 0 Å². The van der Waals surface area contributed by atoms with Crippen LogP contribution in [-0.4, -0.2) is 13.4 Å². The lowest BCUT2D eigenvalue weighted by Gasteiger charge is -2.23. The molecule has 0 amide bonds. The van der Waals surface area contributed by atoms with E-state index in [2.05, 4.69) is 25.6 Å². The minimum atomic E-state index is -3.70. The van der Waals surface area contributed by atoms with Crippen LogP contribution < -0.4 is 4.72 Å². The second-order valence-corrected chi connectivity index (χ2v) is 8.76. The third kappa shape index (κ3) is 3.17. The molecule has 1 atom stereocenters. The second kappa shape index (κ2) is 5.96. The van der Waals surface area contributed by atoms with Crippen molar-refractivity contribution in [3.8, 4) is 0 Å². The zero-order valence-electron chi connectivity index (χ0n) is 10.8. The van der Waals surface area contributed by atoms with E-state index in [1.54, 1.807) is 11.3 Å². The summed E-state index contributed by atoms with van der Waals surface area (Å²) in [6, 6.07) is 3.27. The van der Waals surface area contributed by atoms with E-state index in [1.165, 1.54) is 17.1 Å². The van der Waals surface area contributed by atoms with Gasteiger partial charge in [0.05, 0.1) is 0 Å². The lowest BCUT2D eigenvalue weighted by atomic mass is 9.95. The Morgan fingerprint density at radius 1 is 1.48 bits per heavy atom. The molecule has 1 N–H and O–H groups in total. The molecule has 1 unspecified atom stereocenters. The zero-order chi connectivity index (χ0) is 15.0. The highest BCUT2D eigenvalue weighted by molar-refractivity contribution is 9.10. The second-order valence-electron chi connectivity index (χ2n) is 4.81. The van der Waals surface area contributed by atoms with Crippen molar-refractivity contribution < 1.29 is 8.42 Å². The quantitative estimate of drug-likeness (QED) is 0.785. The first-order chi connectivity index (χ1) is 9.97. The Balaban J connectivity index is 1.93. The Bertz CT molecular complexity index is 776. The number of fused-ring (bicyclic) bond motifs is 1. The molecule has 0 bridgehead atoms. The number of sulfonamides is 1. The van der Waals surface area contributed by atoms with E-state index < -0.39 is 10.0 Å². The molecule has 4 nitrogen and oxygen atoms in total. The van der Waals surface area contributed by atoms with Crippen molar-refractivity contribution in [3.05, 3.63) is 43.8 Å². The number of thiophene rings is 1. The minimum absolute atomic E-state index is 0.000828. The van der Waals surface area contributed by atoms with Gasteiger partial charge in [-0.15, -0.1) is 11.3 Å². The molecule has 2 aromatic heterocycles. The van der Waals surface area contributed by atoms with Gasteiger partial charge in [0, 0.05) is 21.6 Å². The van der Waals surface area contributed by atoms with Crippen molar-refractivity contribution in [3.63, 3.8) is 0 Å². The summed E-state index contributed by atoms with van der Waals surface area (Å²) >= 11 is 10.8. The van der Waals surface area contributed by atoms with Gasteiger partial charge in [0.25, 0.3) is 0 Å². The standard InChI is InChI=1S/C13H12BrClN2O2S2/c14-8-6-12(13(15)16-7-8)21(18,19)17-10-2-1-3-11-9(10)4-5-20-11/h4-7,10,17H,1-3H2. The molecule has 0 aliphatic heterocycles. The maximum Gasteiger partial charge on any atom is 0.244 e. The first-order valence-electron chi connectivity index (χ1n) is 6.37. The number of nitrogens with one attached hydrogen (secondary N) is 1. The van der Waals surface area contributed by atoms with Crippen molar-refractivity contribution in [1.29, 1.82) is 0 Å². The number of nitrogens with zero attached hydrogens (tertiary/aromatic N) is 1. The number of rotatable bonds is 3. The van der Waals surface area contributed by atoms with Gasteiger partial charge in [-0.1, -0.05) is 11.6 Å². The molecule has 1 aliphatic carbocycles. The normalized spacial score (nSPS) is 18.5. The van der Waals surface area contributed by atoms with Crippen LogP contribution >= 0.6 is 38.9 Å². The minimum Gasteiger partial charge on any atom is -0.242 e. The van der Waals surface area contributed by atoms with Crippen LogP contribution in [0.1, 0.15) is 29.3 Å². The van der Waals surface area contributed by atoms with Crippen LogP contribution in [0.5, 0.6) is 0 Å². The van der Waals surface area contributed by atoms with Crippen LogP contribution in [0.15, 0.2) is 33.1 Å². The Morgan fingerprint density at radius 2 is 2.29 bits per heavy atom. The summed E-state index contributed by atoms with van der Waals surface area (Å²) in [7, 11) is -3.70. The van der Waals surface area contributed by atoms with Gasteiger partial charge >= 0.3 is 0 Å². The van der Waals surface area contributed by atoms with E-state index in [4.69, 9.17) is 11.6 Å². The molecule has 2 heterocycles. The van der Waals surface area contributed by atoms with Crippen LogP contribution in [0.25, 0.3) is 0 Å². The lowest BCUT2D eigenvalue weighted by Crippen LogP contribution is -2.30. The van der Waals surface area contributed by atoms with E-state index in [0.717, 1.165) is 24.8 Å². The summed E-state index contributed by atoms with van der Waals surface area (Å²) in [5, 5.41) is 1.98. The molecular weight excluding hydrogens is 396 g/mol. The van der Waals surface area contributed by atoms with Crippen LogP contribution in [0.4, 0.5) is 0 Å². The summed E-state index contributed by atoms with van der Waals surface area (Å²) in [6.45, 7) is 0.